The van der Waals surface area contributed by atoms with Crippen molar-refractivity contribution in [1.29, 1.82) is 0 Å². The van der Waals surface area contributed by atoms with Gasteiger partial charge in [-0.25, -0.2) is 0 Å². The van der Waals surface area contributed by atoms with Crippen LogP contribution in [0.15, 0.2) is 48.8 Å². The van der Waals surface area contributed by atoms with Crippen LogP contribution in [0.25, 0.3) is 6.08 Å². The number of rotatable bonds is 6. The monoisotopic (exact) mass is 366 g/mol. The summed E-state index contributed by atoms with van der Waals surface area (Å²) in [5.41, 5.74) is 9.51. The Bertz CT molecular complexity index is 766. The molecule has 6 heteroatoms. The van der Waals surface area contributed by atoms with Crippen molar-refractivity contribution in [2.24, 2.45) is 5.73 Å². The van der Waals surface area contributed by atoms with Crippen molar-refractivity contribution in [2.75, 3.05) is 31.6 Å². The van der Waals surface area contributed by atoms with Crippen LogP contribution in [-0.4, -0.2) is 42.1 Å². The summed E-state index contributed by atoms with van der Waals surface area (Å²) >= 11 is 0. The average molecular weight is 366 g/mol. The molecule has 27 heavy (non-hydrogen) atoms. The Morgan fingerprint density at radius 3 is 2.89 bits per heavy atom. The number of anilines is 1. The van der Waals surface area contributed by atoms with E-state index in [0.29, 0.717) is 6.54 Å². The fourth-order valence-corrected chi connectivity index (χ4v) is 3.03. The molecule has 2 heterocycles. The summed E-state index contributed by atoms with van der Waals surface area (Å²) in [4.78, 5) is 18.6. The summed E-state index contributed by atoms with van der Waals surface area (Å²) in [6.45, 7) is 4.98. The fourth-order valence-electron chi connectivity index (χ4n) is 3.03. The minimum Gasteiger partial charge on any atom is -0.380 e. The second kappa shape index (κ2) is 9.97. The zero-order chi connectivity index (χ0) is 18.9. The maximum atomic E-state index is 12.2. The van der Waals surface area contributed by atoms with Crippen molar-refractivity contribution in [3.8, 4) is 0 Å². The van der Waals surface area contributed by atoms with Crippen molar-refractivity contribution in [1.82, 2.24) is 9.88 Å². The molecule has 0 bridgehead atoms. The van der Waals surface area contributed by atoms with Gasteiger partial charge in [0, 0.05) is 56.9 Å². The van der Waals surface area contributed by atoms with Crippen LogP contribution >= 0.6 is 0 Å². The molecule has 1 fully saturated rings. The number of carbonyl (C=O) groups is 1. The number of aromatic nitrogens is 1. The van der Waals surface area contributed by atoms with Gasteiger partial charge in [0.15, 0.2) is 0 Å². The number of hydrogen-bond acceptors (Lipinski definition) is 5. The first-order valence-electron chi connectivity index (χ1n) is 9.25. The van der Waals surface area contributed by atoms with Crippen LogP contribution < -0.4 is 11.1 Å². The Morgan fingerprint density at radius 2 is 2.07 bits per heavy atom. The first-order valence-corrected chi connectivity index (χ1v) is 9.25. The summed E-state index contributed by atoms with van der Waals surface area (Å²) in [6.07, 6.45) is 7.71. The molecule has 1 aromatic carbocycles. The molecule has 1 aliphatic rings. The van der Waals surface area contributed by atoms with Crippen LogP contribution in [0.1, 0.15) is 23.1 Å². The van der Waals surface area contributed by atoms with Gasteiger partial charge in [0.2, 0.25) is 5.91 Å². The van der Waals surface area contributed by atoms with Gasteiger partial charge in [-0.05, 0) is 47.4 Å². The summed E-state index contributed by atoms with van der Waals surface area (Å²) < 4.78 is 5.49. The van der Waals surface area contributed by atoms with E-state index in [0.717, 1.165) is 56.1 Å². The van der Waals surface area contributed by atoms with Gasteiger partial charge < -0.3 is 15.8 Å². The lowest BCUT2D eigenvalue weighted by Gasteiger charge is -2.19. The van der Waals surface area contributed by atoms with Gasteiger partial charge >= 0.3 is 0 Å². The number of ether oxygens (including phenoxy) is 1. The Morgan fingerprint density at radius 1 is 1.22 bits per heavy atom. The lowest BCUT2D eigenvalue weighted by Crippen LogP contribution is -2.25. The topological polar surface area (TPSA) is 80.5 Å². The third kappa shape index (κ3) is 5.99. The van der Waals surface area contributed by atoms with Gasteiger partial charge in [-0.3, -0.25) is 14.7 Å². The van der Waals surface area contributed by atoms with E-state index in [1.165, 1.54) is 11.6 Å². The van der Waals surface area contributed by atoms with E-state index in [-0.39, 0.29) is 5.91 Å². The first kappa shape index (κ1) is 19.2. The zero-order valence-electron chi connectivity index (χ0n) is 15.4. The summed E-state index contributed by atoms with van der Waals surface area (Å²) in [6, 6.07) is 9.83. The molecule has 0 aliphatic carbocycles. The van der Waals surface area contributed by atoms with Gasteiger partial charge in [-0.2, -0.15) is 0 Å². The molecular formula is C21H26N4O2. The van der Waals surface area contributed by atoms with Gasteiger partial charge in [0.05, 0.1) is 6.61 Å². The lowest BCUT2D eigenvalue weighted by atomic mass is 10.1. The van der Waals surface area contributed by atoms with Gasteiger partial charge in [-0.15, -0.1) is 0 Å². The van der Waals surface area contributed by atoms with Gasteiger partial charge in [-0.1, -0.05) is 12.1 Å². The fraction of sp³-hybridized carbons (Fsp3) is 0.333. The van der Waals surface area contributed by atoms with Crippen LogP contribution in [0.4, 0.5) is 5.69 Å². The molecule has 2 aromatic rings. The van der Waals surface area contributed by atoms with Crippen molar-refractivity contribution in [3.63, 3.8) is 0 Å². The molecule has 0 spiro atoms. The van der Waals surface area contributed by atoms with Crippen LogP contribution in [0.3, 0.4) is 0 Å². The van der Waals surface area contributed by atoms with Crippen molar-refractivity contribution >= 4 is 17.7 Å². The number of benzene rings is 1. The highest BCUT2D eigenvalue weighted by Gasteiger charge is 2.09. The molecule has 0 saturated carbocycles. The number of amides is 1. The van der Waals surface area contributed by atoms with Crippen LogP contribution in [0.5, 0.6) is 0 Å². The van der Waals surface area contributed by atoms with Crippen LogP contribution in [0, 0.1) is 0 Å². The molecule has 1 aliphatic heterocycles. The molecule has 1 aromatic heterocycles. The van der Waals surface area contributed by atoms with Crippen molar-refractivity contribution < 1.29 is 9.53 Å². The zero-order valence-corrected chi connectivity index (χ0v) is 15.4. The van der Waals surface area contributed by atoms with E-state index in [1.807, 2.05) is 18.2 Å². The number of carbonyl (C=O) groups excluding carboxylic acids is 1. The molecule has 1 saturated heterocycles. The van der Waals surface area contributed by atoms with Crippen LogP contribution in [0.2, 0.25) is 0 Å². The predicted molar refractivity (Wildman–Crippen MR) is 107 cm³/mol. The third-order valence-electron chi connectivity index (χ3n) is 4.52. The second-order valence-electron chi connectivity index (χ2n) is 6.54. The summed E-state index contributed by atoms with van der Waals surface area (Å²) in [5, 5.41) is 2.88. The molecule has 1 amide bonds. The number of nitrogens with one attached hydrogen (secondary N) is 1. The maximum Gasteiger partial charge on any atom is 0.248 e. The minimum absolute atomic E-state index is 0.181. The largest absolute Gasteiger partial charge is 0.380 e. The molecular weight excluding hydrogens is 340 g/mol. The molecule has 0 radical (unpaired) electrons. The predicted octanol–water partition coefficient (Wildman–Crippen LogP) is 2.41. The van der Waals surface area contributed by atoms with Gasteiger partial charge in [0.1, 0.15) is 0 Å². The minimum atomic E-state index is -0.181. The number of pyridine rings is 1. The average Bonchev–Trinajstić information content (AvgIpc) is 2.97. The van der Waals surface area contributed by atoms with E-state index in [9.17, 15) is 4.79 Å². The lowest BCUT2D eigenvalue weighted by molar-refractivity contribution is -0.111. The van der Waals surface area contributed by atoms with Crippen molar-refractivity contribution in [3.05, 3.63) is 65.5 Å². The molecule has 3 N–H and O–H groups in total. The van der Waals surface area contributed by atoms with E-state index in [4.69, 9.17) is 10.5 Å². The Balaban J connectivity index is 1.54. The molecule has 0 unspecified atom stereocenters. The van der Waals surface area contributed by atoms with Gasteiger partial charge in [0.25, 0.3) is 0 Å². The summed E-state index contributed by atoms with van der Waals surface area (Å²) in [5.74, 6) is -0.181. The normalized spacial score (nSPS) is 15.6. The Hall–Kier alpha value is -2.54. The Labute approximate surface area is 160 Å². The maximum absolute atomic E-state index is 12.2. The molecule has 3 rings (SSSR count). The van der Waals surface area contributed by atoms with Crippen LogP contribution in [-0.2, 0) is 22.6 Å². The SMILES string of the molecule is NCc1ccncc1/C=C/C(=O)Nc1ccc(CN2CCCOCC2)cc1. The number of hydrogen-bond donors (Lipinski definition) is 2. The van der Waals surface area contributed by atoms with E-state index < -0.39 is 0 Å². The van der Waals surface area contributed by atoms with E-state index >= 15 is 0 Å². The first-order chi connectivity index (χ1) is 13.2. The Kier molecular flexibility index (Phi) is 7.10. The highest BCUT2D eigenvalue weighted by Crippen LogP contribution is 2.13. The molecule has 6 nitrogen and oxygen atoms in total. The standard InChI is InChI=1S/C21H26N4O2/c22-14-18-8-9-23-15-19(18)4-7-21(26)24-20-5-2-17(3-6-20)16-25-10-1-12-27-13-11-25/h2-9,15H,1,10-14,16,22H2,(H,24,26)/b7-4+. The smallest absolute Gasteiger partial charge is 0.248 e. The van der Waals surface area contributed by atoms with E-state index in [1.54, 1.807) is 18.5 Å². The summed E-state index contributed by atoms with van der Waals surface area (Å²) in [7, 11) is 0. The number of nitrogens with zero attached hydrogens (tertiary/aromatic N) is 2. The quantitative estimate of drug-likeness (QED) is 0.768. The molecule has 0 atom stereocenters. The highest BCUT2D eigenvalue weighted by molar-refractivity contribution is 6.01. The molecule has 142 valence electrons. The third-order valence-corrected chi connectivity index (χ3v) is 4.52. The van der Waals surface area contributed by atoms with E-state index in [2.05, 4.69) is 27.3 Å². The van der Waals surface area contributed by atoms with Crippen molar-refractivity contribution in [2.45, 2.75) is 19.5 Å². The highest BCUT2D eigenvalue weighted by atomic mass is 16.5. The second-order valence-corrected chi connectivity index (χ2v) is 6.54. The number of nitrogens with two attached hydrogens (primary N) is 1.